The number of carbonyl (C=O) groups is 1. The highest BCUT2D eigenvalue weighted by Gasteiger charge is 2.37. The topological polar surface area (TPSA) is 84.5 Å². The average Bonchev–Trinajstić information content (AvgIpc) is 2.77. The van der Waals surface area contributed by atoms with E-state index < -0.39 is 21.8 Å². The largest absolute Gasteiger partial charge is 0.465 e. The normalized spacial score (nSPS) is 16.9. The highest BCUT2D eigenvalue weighted by molar-refractivity contribution is 7.92. The molecule has 0 radical (unpaired) electrons. The predicted octanol–water partition coefficient (Wildman–Crippen LogP) is 5.15. The maximum atomic E-state index is 13.6. The Balaban J connectivity index is 1.70. The first-order valence-corrected chi connectivity index (χ1v) is 11.9. The van der Waals surface area contributed by atoms with Gasteiger partial charge >= 0.3 is 5.97 Å². The van der Waals surface area contributed by atoms with E-state index in [2.05, 4.69) is 23.9 Å². The standard InChI is InChI=1S/C25H25FN2O4S/c1-25(2)15-17-13-16(24(29)32-3)11-12-21(17)27-23(25)20-9-4-5-10-22(20)28-33(30,31)19-8-6-7-18(26)14-19/h4-14,23,27-28H,15H2,1-3H3. The van der Waals surface area contributed by atoms with Crippen LogP contribution in [0.5, 0.6) is 0 Å². The minimum Gasteiger partial charge on any atom is -0.465 e. The molecule has 0 aliphatic carbocycles. The van der Waals surface area contributed by atoms with Crippen LogP contribution in [0.4, 0.5) is 15.8 Å². The Hall–Kier alpha value is -3.39. The number of para-hydroxylation sites is 1. The number of carbonyl (C=O) groups excluding carboxylic acids is 1. The number of hydrogen-bond donors (Lipinski definition) is 2. The Morgan fingerprint density at radius 1 is 1.09 bits per heavy atom. The van der Waals surface area contributed by atoms with Gasteiger partial charge in [0.25, 0.3) is 10.0 Å². The number of fused-ring (bicyclic) bond motifs is 1. The lowest BCUT2D eigenvalue weighted by Gasteiger charge is -2.42. The number of sulfonamides is 1. The zero-order chi connectivity index (χ0) is 23.8. The Morgan fingerprint density at radius 3 is 2.58 bits per heavy atom. The molecule has 1 aliphatic heterocycles. The van der Waals surface area contributed by atoms with Crippen molar-refractivity contribution in [2.75, 3.05) is 17.1 Å². The van der Waals surface area contributed by atoms with Crippen LogP contribution in [0.15, 0.2) is 71.6 Å². The van der Waals surface area contributed by atoms with Gasteiger partial charge in [0.2, 0.25) is 0 Å². The van der Waals surface area contributed by atoms with Crippen LogP contribution in [0.2, 0.25) is 0 Å². The van der Waals surface area contributed by atoms with Crippen molar-refractivity contribution in [2.24, 2.45) is 5.41 Å². The van der Waals surface area contributed by atoms with Crippen molar-refractivity contribution in [2.45, 2.75) is 31.2 Å². The fourth-order valence-corrected chi connectivity index (χ4v) is 5.37. The number of nitrogens with one attached hydrogen (secondary N) is 2. The number of anilines is 2. The second-order valence-electron chi connectivity index (χ2n) is 8.76. The monoisotopic (exact) mass is 468 g/mol. The van der Waals surface area contributed by atoms with Crippen molar-refractivity contribution in [3.05, 3.63) is 89.2 Å². The molecule has 2 N–H and O–H groups in total. The van der Waals surface area contributed by atoms with Gasteiger partial charge in [-0.3, -0.25) is 4.72 Å². The van der Waals surface area contributed by atoms with Gasteiger partial charge in [-0.2, -0.15) is 0 Å². The molecule has 1 unspecified atom stereocenters. The summed E-state index contributed by atoms with van der Waals surface area (Å²) in [5.74, 6) is -1.01. The van der Waals surface area contributed by atoms with Crippen molar-refractivity contribution >= 4 is 27.4 Å². The van der Waals surface area contributed by atoms with Crippen LogP contribution in [0, 0.1) is 11.2 Å². The van der Waals surface area contributed by atoms with Crippen LogP contribution < -0.4 is 10.0 Å². The Bertz CT molecular complexity index is 1320. The Kier molecular flexibility index (Phi) is 5.88. The third kappa shape index (κ3) is 4.57. The van der Waals surface area contributed by atoms with E-state index in [1.807, 2.05) is 24.3 Å². The lowest BCUT2D eigenvalue weighted by molar-refractivity contribution is 0.0600. The number of methoxy groups -OCH3 is 1. The molecule has 33 heavy (non-hydrogen) atoms. The van der Waals surface area contributed by atoms with E-state index in [-0.39, 0.29) is 16.4 Å². The zero-order valence-electron chi connectivity index (χ0n) is 18.6. The summed E-state index contributed by atoms with van der Waals surface area (Å²) >= 11 is 0. The molecule has 0 bridgehead atoms. The molecule has 0 amide bonds. The molecule has 0 saturated carbocycles. The molecule has 4 rings (SSSR count). The van der Waals surface area contributed by atoms with Crippen molar-refractivity contribution in [3.63, 3.8) is 0 Å². The second kappa shape index (κ2) is 8.51. The number of hydrogen-bond acceptors (Lipinski definition) is 5. The third-order valence-electron chi connectivity index (χ3n) is 5.88. The Labute approximate surface area is 192 Å². The summed E-state index contributed by atoms with van der Waals surface area (Å²) < 4.78 is 46.9. The number of benzene rings is 3. The third-order valence-corrected chi connectivity index (χ3v) is 7.24. The average molecular weight is 469 g/mol. The van der Waals surface area contributed by atoms with Crippen molar-refractivity contribution < 1.29 is 22.3 Å². The van der Waals surface area contributed by atoms with Gasteiger partial charge < -0.3 is 10.1 Å². The molecular weight excluding hydrogens is 443 g/mol. The minimum atomic E-state index is -3.98. The maximum Gasteiger partial charge on any atom is 0.337 e. The molecule has 0 saturated heterocycles. The predicted molar refractivity (Wildman–Crippen MR) is 125 cm³/mol. The van der Waals surface area contributed by atoms with Gasteiger partial charge in [-0.15, -0.1) is 0 Å². The second-order valence-corrected chi connectivity index (χ2v) is 10.4. The number of rotatable bonds is 5. The van der Waals surface area contributed by atoms with Crippen LogP contribution in [-0.2, 0) is 21.2 Å². The molecule has 8 heteroatoms. The summed E-state index contributed by atoms with van der Waals surface area (Å²) in [6, 6.07) is 17.2. The molecule has 1 aliphatic rings. The molecular formula is C25H25FN2O4S. The molecule has 172 valence electrons. The number of ether oxygens (including phenoxy) is 1. The molecule has 0 aromatic heterocycles. The number of esters is 1. The van der Waals surface area contributed by atoms with Gasteiger partial charge in [-0.25, -0.2) is 17.6 Å². The molecule has 3 aromatic carbocycles. The van der Waals surface area contributed by atoms with E-state index in [1.165, 1.54) is 25.3 Å². The van der Waals surface area contributed by atoms with Gasteiger partial charge in [-0.1, -0.05) is 38.1 Å². The first-order valence-electron chi connectivity index (χ1n) is 10.5. The highest BCUT2D eigenvalue weighted by Crippen LogP contribution is 2.47. The van der Waals surface area contributed by atoms with Gasteiger partial charge in [0.05, 0.1) is 29.3 Å². The summed E-state index contributed by atoms with van der Waals surface area (Å²) in [5.41, 5.74) is 3.21. The van der Waals surface area contributed by atoms with E-state index in [0.717, 1.165) is 22.9 Å². The summed E-state index contributed by atoms with van der Waals surface area (Å²) in [5, 5.41) is 3.52. The summed E-state index contributed by atoms with van der Waals surface area (Å²) in [6.45, 7) is 4.16. The smallest absolute Gasteiger partial charge is 0.337 e. The first-order chi connectivity index (χ1) is 15.6. The van der Waals surface area contributed by atoms with Crippen LogP contribution in [0.25, 0.3) is 0 Å². The molecule has 0 fully saturated rings. The van der Waals surface area contributed by atoms with E-state index in [0.29, 0.717) is 17.7 Å². The van der Waals surface area contributed by atoms with Crippen LogP contribution >= 0.6 is 0 Å². The lowest BCUT2D eigenvalue weighted by atomic mass is 9.72. The van der Waals surface area contributed by atoms with E-state index in [4.69, 9.17) is 4.74 Å². The van der Waals surface area contributed by atoms with Gasteiger partial charge in [0, 0.05) is 5.69 Å². The SMILES string of the molecule is COC(=O)c1ccc2c(c1)CC(C)(C)C(c1ccccc1NS(=O)(=O)c1cccc(F)c1)N2. The molecule has 0 spiro atoms. The maximum absolute atomic E-state index is 13.6. The van der Waals surface area contributed by atoms with Gasteiger partial charge in [0.15, 0.2) is 0 Å². The van der Waals surface area contributed by atoms with Crippen LogP contribution in [0.3, 0.4) is 0 Å². The Morgan fingerprint density at radius 2 is 1.85 bits per heavy atom. The lowest BCUT2D eigenvalue weighted by Crippen LogP contribution is -2.35. The fourth-order valence-electron chi connectivity index (χ4n) is 4.25. The van der Waals surface area contributed by atoms with Crippen molar-refractivity contribution in [3.8, 4) is 0 Å². The molecule has 3 aromatic rings. The first kappa shape index (κ1) is 22.8. The molecule has 1 atom stereocenters. The van der Waals surface area contributed by atoms with Crippen LogP contribution in [0.1, 0.15) is 41.4 Å². The molecule has 6 nitrogen and oxygen atoms in total. The number of halogens is 1. The van der Waals surface area contributed by atoms with E-state index >= 15 is 0 Å². The van der Waals surface area contributed by atoms with Crippen molar-refractivity contribution in [1.29, 1.82) is 0 Å². The van der Waals surface area contributed by atoms with E-state index in [9.17, 15) is 17.6 Å². The quantitative estimate of drug-likeness (QED) is 0.506. The highest BCUT2D eigenvalue weighted by atomic mass is 32.2. The zero-order valence-corrected chi connectivity index (χ0v) is 19.4. The summed E-state index contributed by atoms with van der Waals surface area (Å²) in [6.07, 6.45) is 0.663. The fraction of sp³-hybridized carbons (Fsp3) is 0.240. The minimum absolute atomic E-state index is 0.145. The summed E-state index contributed by atoms with van der Waals surface area (Å²) in [4.78, 5) is 11.8. The van der Waals surface area contributed by atoms with E-state index in [1.54, 1.807) is 18.2 Å². The van der Waals surface area contributed by atoms with Crippen LogP contribution in [-0.4, -0.2) is 21.5 Å². The summed E-state index contributed by atoms with van der Waals surface area (Å²) in [7, 11) is -2.63. The van der Waals surface area contributed by atoms with Gasteiger partial charge in [-0.05, 0) is 65.4 Å². The van der Waals surface area contributed by atoms with Gasteiger partial charge in [0.1, 0.15) is 5.82 Å². The molecule has 1 heterocycles. The van der Waals surface area contributed by atoms with Crippen molar-refractivity contribution in [1.82, 2.24) is 0 Å².